The highest BCUT2D eigenvalue weighted by Gasteiger charge is 2.09. The van der Waals surface area contributed by atoms with Crippen LogP contribution in [-0.2, 0) is 6.42 Å². The Kier molecular flexibility index (Phi) is 4.39. The van der Waals surface area contributed by atoms with Gasteiger partial charge >= 0.3 is 0 Å². The molecule has 18 heavy (non-hydrogen) atoms. The number of nitrogens with one attached hydrogen (secondary N) is 1. The molecule has 0 fully saturated rings. The third-order valence-corrected chi connectivity index (χ3v) is 3.02. The van der Waals surface area contributed by atoms with Gasteiger partial charge < -0.3 is 9.73 Å². The van der Waals surface area contributed by atoms with E-state index in [0.717, 1.165) is 42.3 Å². The lowest BCUT2D eigenvalue weighted by atomic mass is 10.1. The molecular formula is C14H17ClN2O. The van der Waals surface area contributed by atoms with Gasteiger partial charge in [-0.1, -0.05) is 24.6 Å². The number of nitrogens with zero attached hydrogens (tertiary/aromatic N) is 1. The summed E-state index contributed by atoms with van der Waals surface area (Å²) in [6.45, 7) is 5.95. The van der Waals surface area contributed by atoms with Crippen LogP contribution in [0.4, 0.5) is 0 Å². The van der Waals surface area contributed by atoms with Crippen molar-refractivity contribution < 1.29 is 4.42 Å². The molecule has 1 heterocycles. The van der Waals surface area contributed by atoms with Crippen molar-refractivity contribution in [1.29, 1.82) is 0 Å². The summed E-state index contributed by atoms with van der Waals surface area (Å²) in [6, 6.07) is 5.77. The first-order valence-corrected chi connectivity index (χ1v) is 6.50. The van der Waals surface area contributed by atoms with Crippen molar-refractivity contribution >= 4 is 11.6 Å². The van der Waals surface area contributed by atoms with Crippen LogP contribution in [0.3, 0.4) is 0 Å². The van der Waals surface area contributed by atoms with E-state index in [1.807, 2.05) is 25.1 Å². The molecule has 1 N–H and O–H groups in total. The average molecular weight is 265 g/mol. The van der Waals surface area contributed by atoms with Crippen LogP contribution in [-0.4, -0.2) is 18.1 Å². The molecule has 0 aliphatic heterocycles. The fraction of sp³-hybridized carbons (Fsp3) is 0.357. The summed E-state index contributed by atoms with van der Waals surface area (Å²) in [5.74, 6) is 1.53. The van der Waals surface area contributed by atoms with Gasteiger partial charge in [0.15, 0.2) is 11.7 Å². The van der Waals surface area contributed by atoms with E-state index in [-0.39, 0.29) is 0 Å². The highest BCUT2D eigenvalue weighted by molar-refractivity contribution is 6.30. The van der Waals surface area contributed by atoms with Gasteiger partial charge in [0.2, 0.25) is 0 Å². The molecule has 0 spiro atoms. The van der Waals surface area contributed by atoms with E-state index >= 15 is 0 Å². The lowest BCUT2D eigenvalue weighted by Crippen LogP contribution is -2.16. The molecule has 4 heteroatoms. The fourth-order valence-electron chi connectivity index (χ4n) is 1.78. The quantitative estimate of drug-likeness (QED) is 0.841. The molecule has 0 aliphatic carbocycles. The number of hydrogen-bond acceptors (Lipinski definition) is 3. The van der Waals surface area contributed by atoms with Gasteiger partial charge in [0, 0.05) is 23.6 Å². The summed E-state index contributed by atoms with van der Waals surface area (Å²) in [5, 5.41) is 3.95. The van der Waals surface area contributed by atoms with Crippen LogP contribution >= 0.6 is 11.6 Å². The van der Waals surface area contributed by atoms with Crippen LogP contribution in [0.1, 0.15) is 18.4 Å². The number of benzene rings is 1. The Hall–Kier alpha value is -1.32. The van der Waals surface area contributed by atoms with Crippen LogP contribution in [0.25, 0.3) is 11.3 Å². The maximum atomic E-state index is 6.00. The zero-order valence-electron chi connectivity index (χ0n) is 10.7. The second-order valence-corrected chi connectivity index (χ2v) is 4.62. The maximum absolute atomic E-state index is 6.00. The number of oxazole rings is 1. The number of aryl methyl sites for hydroxylation is 1. The molecule has 2 rings (SSSR count). The second kappa shape index (κ2) is 6.03. The van der Waals surface area contributed by atoms with Gasteiger partial charge in [-0.3, -0.25) is 0 Å². The van der Waals surface area contributed by atoms with Crippen LogP contribution < -0.4 is 5.32 Å². The Morgan fingerprint density at radius 1 is 1.39 bits per heavy atom. The molecule has 0 saturated carbocycles. The molecule has 0 radical (unpaired) electrons. The van der Waals surface area contributed by atoms with E-state index in [2.05, 4.69) is 17.2 Å². The van der Waals surface area contributed by atoms with Crippen molar-refractivity contribution in [2.45, 2.75) is 20.3 Å². The Balaban J connectivity index is 2.16. The molecular weight excluding hydrogens is 248 g/mol. The monoisotopic (exact) mass is 264 g/mol. The summed E-state index contributed by atoms with van der Waals surface area (Å²) in [4.78, 5) is 4.29. The molecule has 1 aromatic heterocycles. The van der Waals surface area contributed by atoms with Crippen molar-refractivity contribution in [2.24, 2.45) is 0 Å². The molecule has 3 nitrogen and oxygen atoms in total. The van der Waals surface area contributed by atoms with Crippen molar-refractivity contribution in [1.82, 2.24) is 10.3 Å². The highest BCUT2D eigenvalue weighted by Crippen LogP contribution is 2.27. The molecule has 0 saturated heterocycles. The minimum absolute atomic E-state index is 0.709. The SMILES string of the molecule is CCNCCc1ncc(-c2cc(Cl)ccc2C)o1. The van der Waals surface area contributed by atoms with Gasteiger partial charge in [-0.25, -0.2) is 4.98 Å². The lowest BCUT2D eigenvalue weighted by molar-refractivity contribution is 0.497. The van der Waals surface area contributed by atoms with Gasteiger partial charge in [-0.2, -0.15) is 0 Å². The van der Waals surface area contributed by atoms with Crippen molar-refractivity contribution in [3.05, 3.63) is 40.9 Å². The van der Waals surface area contributed by atoms with Gasteiger partial charge in [-0.05, 0) is 31.2 Å². The molecule has 0 bridgehead atoms. The molecule has 0 amide bonds. The third kappa shape index (κ3) is 3.12. The minimum Gasteiger partial charge on any atom is -0.441 e. The number of halogens is 1. The largest absolute Gasteiger partial charge is 0.441 e. The average Bonchev–Trinajstić information content (AvgIpc) is 2.81. The molecule has 96 valence electrons. The molecule has 0 unspecified atom stereocenters. The van der Waals surface area contributed by atoms with Crippen LogP contribution in [0.5, 0.6) is 0 Å². The van der Waals surface area contributed by atoms with Gasteiger partial charge in [-0.15, -0.1) is 0 Å². The van der Waals surface area contributed by atoms with E-state index < -0.39 is 0 Å². The Morgan fingerprint density at radius 3 is 3.00 bits per heavy atom. The van der Waals surface area contributed by atoms with Crippen molar-refractivity contribution in [2.75, 3.05) is 13.1 Å². The third-order valence-electron chi connectivity index (χ3n) is 2.78. The number of likely N-dealkylation sites (N-methyl/N-ethyl adjacent to an activating group) is 1. The molecule has 0 atom stereocenters. The van der Waals surface area contributed by atoms with Crippen LogP contribution in [0.15, 0.2) is 28.8 Å². The Labute approximate surface area is 112 Å². The summed E-state index contributed by atoms with van der Waals surface area (Å²) in [7, 11) is 0. The standard InChI is InChI=1S/C14H17ClN2O/c1-3-16-7-6-14-17-9-13(18-14)12-8-11(15)5-4-10(12)2/h4-5,8-9,16H,3,6-7H2,1-2H3. The number of rotatable bonds is 5. The summed E-state index contributed by atoms with van der Waals surface area (Å²) < 4.78 is 5.74. The maximum Gasteiger partial charge on any atom is 0.196 e. The predicted molar refractivity (Wildman–Crippen MR) is 73.9 cm³/mol. The Morgan fingerprint density at radius 2 is 2.22 bits per heavy atom. The van der Waals surface area contributed by atoms with E-state index in [1.165, 1.54) is 0 Å². The predicted octanol–water partition coefficient (Wildman–Crippen LogP) is 3.46. The highest BCUT2D eigenvalue weighted by atomic mass is 35.5. The van der Waals surface area contributed by atoms with Crippen LogP contribution in [0, 0.1) is 6.92 Å². The van der Waals surface area contributed by atoms with Crippen molar-refractivity contribution in [3.8, 4) is 11.3 Å². The van der Waals surface area contributed by atoms with Crippen molar-refractivity contribution in [3.63, 3.8) is 0 Å². The smallest absolute Gasteiger partial charge is 0.196 e. The first kappa shape index (κ1) is 13.1. The summed E-state index contributed by atoms with van der Waals surface area (Å²) in [6.07, 6.45) is 2.56. The first-order valence-electron chi connectivity index (χ1n) is 6.12. The van der Waals surface area contributed by atoms with Gasteiger partial charge in [0.25, 0.3) is 0 Å². The minimum atomic E-state index is 0.709. The van der Waals surface area contributed by atoms with E-state index in [4.69, 9.17) is 16.0 Å². The number of aromatic nitrogens is 1. The first-order chi connectivity index (χ1) is 8.70. The lowest BCUT2D eigenvalue weighted by Gasteiger charge is -2.02. The summed E-state index contributed by atoms with van der Waals surface area (Å²) in [5.41, 5.74) is 2.14. The van der Waals surface area contributed by atoms with E-state index in [1.54, 1.807) is 6.20 Å². The summed E-state index contributed by atoms with van der Waals surface area (Å²) >= 11 is 6.00. The van der Waals surface area contributed by atoms with Crippen LogP contribution in [0.2, 0.25) is 5.02 Å². The van der Waals surface area contributed by atoms with E-state index in [0.29, 0.717) is 5.02 Å². The normalized spacial score (nSPS) is 10.8. The molecule has 1 aromatic carbocycles. The fourth-order valence-corrected chi connectivity index (χ4v) is 1.95. The second-order valence-electron chi connectivity index (χ2n) is 4.18. The van der Waals surface area contributed by atoms with E-state index in [9.17, 15) is 0 Å². The number of hydrogen-bond donors (Lipinski definition) is 1. The topological polar surface area (TPSA) is 38.1 Å². The Bertz CT molecular complexity index is 522. The van der Waals surface area contributed by atoms with Gasteiger partial charge in [0.05, 0.1) is 6.20 Å². The molecule has 2 aromatic rings. The van der Waals surface area contributed by atoms with Gasteiger partial charge in [0.1, 0.15) is 0 Å². The zero-order chi connectivity index (χ0) is 13.0. The zero-order valence-corrected chi connectivity index (χ0v) is 11.4. The molecule has 0 aliphatic rings.